The Balaban J connectivity index is 1.94. The smallest absolute Gasteiger partial charge is 0.338 e. The lowest BCUT2D eigenvalue weighted by molar-refractivity contribution is -0.127. The molecule has 1 N–H and O–H groups in total. The molecule has 5 nitrogen and oxygen atoms in total. The Bertz CT molecular complexity index is 459. The van der Waals surface area contributed by atoms with Crippen molar-refractivity contribution in [1.29, 1.82) is 0 Å². The van der Waals surface area contributed by atoms with E-state index in [1.807, 2.05) is 6.92 Å². The maximum Gasteiger partial charge on any atom is 0.338 e. The Labute approximate surface area is 104 Å². The summed E-state index contributed by atoms with van der Waals surface area (Å²) in [5, 5.41) is 8.73. The van der Waals surface area contributed by atoms with Gasteiger partial charge in [0.15, 0.2) is 0 Å². The quantitative estimate of drug-likeness (QED) is 0.821. The van der Waals surface area contributed by atoms with Crippen LogP contribution in [0.15, 0.2) is 24.3 Å². The Kier molecular flexibility index (Phi) is 3.34. The van der Waals surface area contributed by atoms with E-state index in [0.29, 0.717) is 25.4 Å². The molecule has 0 aromatic heterocycles. The highest BCUT2D eigenvalue weighted by Gasteiger charge is 2.34. The average molecular weight is 250 g/mol. The summed E-state index contributed by atoms with van der Waals surface area (Å²) >= 11 is 0. The van der Waals surface area contributed by atoms with Crippen LogP contribution in [0.25, 0.3) is 0 Å². The highest BCUT2D eigenvalue weighted by Crippen LogP contribution is 2.26. The van der Waals surface area contributed by atoms with E-state index in [1.165, 1.54) is 24.3 Å². The Morgan fingerprint density at radius 1 is 1.28 bits per heavy atom. The van der Waals surface area contributed by atoms with Crippen molar-refractivity contribution < 1.29 is 24.2 Å². The molecule has 0 radical (unpaired) electrons. The van der Waals surface area contributed by atoms with Gasteiger partial charge in [-0.2, -0.15) is 0 Å². The number of carbonyl (C=O) groups is 2. The minimum atomic E-state index is -1.02. The fourth-order valence-electron chi connectivity index (χ4n) is 1.61. The van der Waals surface area contributed by atoms with Crippen LogP contribution < -0.4 is 0 Å². The SMILES string of the molecule is CC1(COC(=O)c2ccc(C(=O)O)cc2)COC1. The van der Waals surface area contributed by atoms with Crippen LogP contribution in [0.5, 0.6) is 0 Å². The number of rotatable bonds is 4. The van der Waals surface area contributed by atoms with Crippen molar-refractivity contribution in [2.75, 3.05) is 19.8 Å². The summed E-state index contributed by atoms with van der Waals surface area (Å²) in [4.78, 5) is 22.4. The van der Waals surface area contributed by atoms with Gasteiger partial charge < -0.3 is 14.6 Å². The Morgan fingerprint density at radius 3 is 2.28 bits per heavy atom. The number of carboxylic acids is 1. The molecule has 2 rings (SSSR count). The van der Waals surface area contributed by atoms with Gasteiger partial charge in [-0.25, -0.2) is 9.59 Å². The second kappa shape index (κ2) is 4.78. The van der Waals surface area contributed by atoms with Gasteiger partial charge in [-0.1, -0.05) is 6.92 Å². The van der Waals surface area contributed by atoms with Crippen LogP contribution in [0.4, 0.5) is 0 Å². The van der Waals surface area contributed by atoms with Crippen LogP contribution in [0.2, 0.25) is 0 Å². The van der Waals surface area contributed by atoms with Crippen molar-refractivity contribution in [2.24, 2.45) is 5.41 Å². The average Bonchev–Trinajstić information content (AvgIpc) is 2.33. The predicted octanol–water partition coefficient (Wildman–Crippen LogP) is 1.58. The highest BCUT2D eigenvalue weighted by atomic mass is 16.5. The van der Waals surface area contributed by atoms with Gasteiger partial charge in [0.25, 0.3) is 0 Å². The first kappa shape index (κ1) is 12.6. The molecule has 0 unspecified atom stereocenters. The van der Waals surface area contributed by atoms with Gasteiger partial charge in [0, 0.05) is 5.41 Å². The minimum absolute atomic E-state index is 0.0866. The standard InChI is InChI=1S/C13H14O5/c1-13(6-17-7-13)8-18-12(16)10-4-2-9(3-5-10)11(14)15/h2-5H,6-8H2,1H3,(H,14,15). The molecule has 0 amide bonds. The van der Waals surface area contributed by atoms with Crippen molar-refractivity contribution in [3.05, 3.63) is 35.4 Å². The molecule has 1 aliphatic rings. The minimum Gasteiger partial charge on any atom is -0.478 e. The van der Waals surface area contributed by atoms with E-state index in [0.717, 1.165) is 0 Å². The molecule has 0 spiro atoms. The van der Waals surface area contributed by atoms with Gasteiger partial charge in [0.05, 0.1) is 24.3 Å². The van der Waals surface area contributed by atoms with Crippen LogP contribution in [0.3, 0.4) is 0 Å². The van der Waals surface area contributed by atoms with Crippen molar-refractivity contribution in [3.8, 4) is 0 Å². The molecule has 1 aromatic carbocycles. The van der Waals surface area contributed by atoms with Gasteiger partial charge >= 0.3 is 11.9 Å². The van der Waals surface area contributed by atoms with E-state index in [1.54, 1.807) is 0 Å². The lowest BCUT2D eigenvalue weighted by atomic mass is 9.90. The van der Waals surface area contributed by atoms with E-state index in [2.05, 4.69) is 0 Å². The van der Waals surface area contributed by atoms with Crippen LogP contribution in [-0.4, -0.2) is 36.9 Å². The monoisotopic (exact) mass is 250 g/mol. The van der Waals surface area contributed by atoms with Gasteiger partial charge in [0.1, 0.15) is 6.61 Å². The summed E-state index contributed by atoms with van der Waals surface area (Å²) in [5.74, 6) is -1.46. The number of carboxylic acid groups (broad SMARTS) is 1. The van der Waals surface area contributed by atoms with Crippen molar-refractivity contribution in [2.45, 2.75) is 6.92 Å². The first-order valence-corrected chi connectivity index (χ1v) is 5.58. The molecule has 0 aliphatic carbocycles. The van der Waals surface area contributed by atoms with Crippen LogP contribution >= 0.6 is 0 Å². The largest absolute Gasteiger partial charge is 0.478 e. The fourth-order valence-corrected chi connectivity index (χ4v) is 1.61. The Hall–Kier alpha value is -1.88. The zero-order valence-corrected chi connectivity index (χ0v) is 10.0. The van der Waals surface area contributed by atoms with Gasteiger partial charge in [0.2, 0.25) is 0 Å². The van der Waals surface area contributed by atoms with Crippen LogP contribution in [0.1, 0.15) is 27.6 Å². The molecule has 18 heavy (non-hydrogen) atoms. The number of hydrogen-bond acceptors (Lipinski definition) is 4. The molecule has 1 fully saturated rings. The second-order valence-corrected chi connectivity index (χ2v) is 4.76. The molecular formula is C13H14O5. The zero-order valence-electron chi connectivity index (χ0n) is 10.0. The van der Waals surface area contributed by atoms with Gasteiger partial charge in [-0.15, -0.1) is 0 Å². The third-order valence-corrected chi connectivity index (χ3v) is 2.82. The third kappa shape index (κ3) is 2.68. The zero-order chi connectivity index (χ0) is 13.2. The van der Waals surface area contributed by atoms with Crippen molar-refractivity contribution in [3.63, 3.8) is 0 Å². The summed E-state index contributed by atoms with van der Waals surface area (Å²) in [6.45, 7) is 3.49. The second-order valence-electron chi connectivity index (χ2n) is 4.76. The van der Waals surface area contributed by atoms with Crippen LogP contribution in [0, 0.1) is 5.41 Å². The summed E-state index contributed by atoms with van der Waals surface area (Å²) in [6.07, 6.45) is 0. The highest BCUT2D eigenvalue weighted by molar-refractivity contribution is 5.92. The van der Waals surface area contributed by atoms with Gasteiger partial charge in [-0.05, 0) is 24.3 Å². The lowest BCUT2D eigenvalue weighted by Gasteiger charge is -2.37. The molecular weight excluding hydrogens is 236 g/mol. The van der Waals surface area contributed by atoms with E-state index in [9.17, 15) is 9.59 Å². The molecule has 0 bridgehead atoms. The normalized spacial score (nSPS) is 16.7. The molecule has 5 heteroatoms. The molecule has 1 aromatic rings. The molecule has 96 valence electrons. The predicted molar refractivity (Wildman–Crippen MR) is 62.6 cm³/mol. The number of benzene rings is 1. The number of esters is 1. The Morgan fingerprint density at radius 2 is 1.83 bits per heavy atom. The lowest BCUT2D eigenvalue weighted by Crippen LogP contribution is -2.44. The van der Waals surface area contributed by atoms with Gasteiger partial charge in [-0.3, -0.25) is 0 Å². The van der Waals surface area contributed by atoms with Crippen LogP contribution in [-0.2, 0) is 9.47 Å². The molecule has 1 saturated heterocycles. The van der Waals surface area contributed by atoms with Crippen molar-refractivity contribution in [1.82, 2.24) is 0 Å². The first-order chi connectivity index (χ1) is 8.50. The molecule has 1 aliphatic heterocycles. The summed E-state index contributed by atoms with van der Waals surface area (Å²) in [5.41, 5.74) is 0.408. The topological polar surface area (TPSA) is 72.8 Å². The maximum absolute atomic E-state index is 11.7. The maximum atomic E-state index is 11.7. The van der Waals surface area contributed by atoms with Crippen molar-refractivity contribution >= 4 is 11.9 Å². The van der Waals surface area contributed by atoms with E-state index >= 15 is 0 Å². The van der Waals surface area contributed by atoms with E-state index < -0.39 is 11.9 Å². The summed E-state index contributed by atoms with van der Waals surface area (Å²) in [6, 6.07) is 5.66. The number of aromatic carboxylic acids is 1. The summed E-state index contributed by atoms with van der Waals surface area (Å²) < 4.78 is 10.2. The fraction of sp³-hybridized carbons (Fsp3) is 0.385. The number of hydrogen-bond donors (Lipinski definition) is 1. The van der Waals surface area contributed by atoms with E-state index in [4.69, 9.17) is 14.6 Å². The molecule has 1 heterocycles. The number of ether oxygens (including phenoxy) is 2. The van der Waals surface area contributed by atoms with E-state index in [-0.39, 0.29) is 11.0 Å². The molecule has 0 saturated carbocycles. The number of carbonyl (C=O) groups excluding carboxylic acids is 1. The molecule has 0 atom stereocenters. The first-order valence-electron chi connectivity index (χ1n) is 5.58. The summed E-state index contributed by atoms with van der Waals surface area (Å²) in [7, 11) is 0. The third-order valence-electron chi connectivity index (χ3n) is 2.82.